The van der Waals surface area contributed by atoms with Crippen molar-refractivity contribution in [3.05, 3.63) is 29.8 Å². The molecule has 1 fully saturated rings. The summed E-state index contributed by atoms with van der Waals surface area (Å²) in [6.07, 6.45) is 2.15. The summed E-state index contributed by atoms with van der Waals surface area (Å²) < 4.78 is 31.6. The lowest BCUT2D eigenvalue weighted by Gasteiger charge is -2.52. The summed E-state index contributed by atoms with van der Waals surface area (Å²) in [5, 5.41) is 3.10. The van der Waals surface area contributed by atoms with Crippen LogP contribution in [-0.2, 0) is 26.0 Å². The first-order chi connectivity index (χ1) is 12.1. The number of hydrogen-bond acceptors (Lipinski definition) is 4. The second-order valence-electron chi connectivity index (χ2n) is 7.70. The first-order valence-corrected chi connectivity index (χ1v) is 10.5. The van der Waals surface area contributed by atoms with E-state index in [1.165, 1.54) is 7.05 Å². The van der Waals surface area contributed by atoms with Gasteiger partial charge in [-0.2, -0.15) is 0 Å². The highest BCUT2D eigenvalue weighted by Crippen LogP contribution is 2.43. The van der Waals surface area contributed by atoms with Gasteiger partial charge in [-0.25, -0.2) is 13.1 Å². The van der Waals surface area contributed by atoms with E-state index < -0.39 is 10.0 Å². The van der Waals surface area contributed by atoms with Gasteiger partial charge in [0.05, 0.1) is 17.1 Å². The van der Waals surface area contributed by atoms with Crippen LogP contribution in [0.15, 0.2) is 29.2 Å². The highest BCUT2D eigenvalue weighted by molar-refractivity contribution is 7.89. The third kappa shape index (κ3) is 4.84. The lowest BCUT2D eigenvalue weighted by atomic mass is 9.64. The first-order valence-electron chi connectivity index (χ1n) is 9.03. The fourth-order valence-corrected chi connectivity index (χ4v) is 3.90. The molecule has 0 heterocycles. The van der Waals surface area contributed by atoms with Gasteiger partial charge >= 0.3 is 0 Å². The molecule has 0 spiro atoms. The predicted octanol–water partition coefficient (Wildman–Crippen LogP) is 2.24. The number of nitrogens with one attached hydrogen (secondary N) is 2. The average Bonchev–Trinajstić information content (AvgIpc) is 2.59. The van der Waals surface area contributed by atoms with Crippen LogP contribution in [0.3, 0.4) is 0 Å². The molecule has 1 amide bonds. The van der Waals surface area contributed by atoms with E-state index in [9.17, 15) is 13.2 Å². The smallest absolute Gasteiger partial charge is 0.240 e. The minimum atomic E-state index is -3.43. The van der Waals surface area contributed by atoms with Crippen molar-refractivity contribution < 1.29 is 17.9 Å². The summed E-state index contributed by atoms with van der Waals surface area (Å²) in [5.74, 6) is 0.0120. The standard InChI is InChI=1S/C19H30N2O4S/c1-13(2)25-17-12-16(19(17,3)4)21-18(22)11-8-14-6-9-15(10-7-14)26(23,24)20-5/h6-7,9-10,13,16-17,20H,8,11-12H2,1-5H3,(H,21,22)/t16-,17-/m0/s1. The Balaban J connectivity index is 1.83. The Morgan fingerprint density at radius 1 is 1.27 bits per heavy atom. The van der Waals surface area contributed by atoms with Gasteiger partial charge in [0.15, 0.2) is 0 Å². The molecule has 1 aliphatic rings. The number of carbonyl (C=O) groups is 1. The first kappa shape index (κ1) is 20.9. The normalized spacial score (nSPS) is 22.1. The summed E-state index contributed by atoms with van der Waals surface area (Å²) in [7, 11) is -2.04. The molecule has 1 aromatic carbocycles. The van der Waals surface area contributed by atoms with Gasteiger partial charge in [-0.15, -0.1) is 0 Å². The zero-order valence-corrected chi connectivity index (χ0v) is 17.0. The van der Waals surface area contributed by atoms with E-state index in [1.54, 1.807) is 24.3 Å². The lowest BCUT2D eigenvalue weighted by Crippen LogP contribution is -2.62. The molecule has 0 aliphatic heterocycles. The maximum Gasteiger partial charge on any atom is 0.240 e. The minimum Gasteiger partial charge on any atom is -0.375 e. The number of aryl methyl sites for hydroxylation is 1. The zero-order valence-electron chi connectivity index (χ0n) is 16.2. The van der Waals surface area contributed by atoms with Crippen molar-refractivity contribution in [2.24, 2.45) is 5.41 Å². The summed E-state index contributed by atoms with van der Waals surface area (Å²) in [6, 6.07) is 6.74. The highest BCUT2D eigenvalue weighted by Gasteiger charge is 2.49. The Bertz CT molecular complexity index is 726. The van der Waals surface area contributed by atoms with Crippen LogP contribution in [0.1, 0.15) is 46.1 Å². The SMILES string of the molecule is CNS(=O)(=O)c1ccc(CCC(=O)N[C@H]2C[C@H](OC(C)C)C2(C)C)cc1. The van der Waals surface area contributed by atoms with Crippen molar-refractivity contribution in [3.63, 3.8) is 0 Å². The van der Waals surface area contributed by atoms with E-state index in [1.807, 2.05) is 13.8 Å². The van der Waals surface area contributed by atoms with E-state index in [4.69, 9.17) is 4.74 Å². The number of benzene rings is 1. The van der Waals surface area contributed by atoms with Crippen molar-refractivity contribution in [2.45, 2.75) is 70.1 Å². The highest BCUT2D eigenvalue weighted by atomic mass is 32.2. The minimum absolute atomic E-state index is 0.0120. The number of ether oxygens (including phenoxy) is 1. The van der Waals surface area contributed by atoms with E-state index in [-0.39, 0.29) is 34.5 Å². The van der Waals surface area contributed by atoms with Gasteiger partial charge in [0.2, 0.25) is 15.9 Å². The molecular formula is C19H30N2O4S. The third-order valence-electron chi connectivity index (χ3n) is 5.09. The molecule has 0 saturated heterocycles. The van der Waals surface area contributed by atoms with Gasteiger partial charge in [0.1, 0.15) is 0 Å². The van der Waals surface area contributed by atoms with Crippen molar-refractivity contribution in [2.75, 3.05) is 7.05 Å². The molecule has 2 rings (SSSR count). The van der Waals surface area contributed by atoms with Gasteiger partial charge in [0, 0.05) is 17.9 Å². The summed E-state index contributed by atoms with van der Waals surface area (Å²) >= 11 is 0. The van der Waals surface area contributed by atoms with Crippen LogP contribution in [0.2, 0.25) is 0 Å². The number of hydrogen-bond donors (Lipinski definition) is 2. The molecule has 6 nitrogen and oxygen atoms in total. The van der Waals surface area contributed by atoms with Crippen LogP contribution in [0.5, 0.6) is 0 Å². The maximum absolute atomic E-state index is 12.3. The molecule has 26 heavy (non-hydrogen) atoms. The fourth-order valence-electron chi connectivity index (χ4n) is 3.17. The number of sulfonamides is 1. The Morgan fingerprint density at radius 2 is 1.88 bits per heavy atom. The predicted molar refractivity (Wildman–Crippen MR) is 101 cm³/mol. The molecule has 0 bridgehead atoms. The van der Waals surface area contributed by atoms with Crippen LogP contribution in [0, 0.1) is 5.41 Å². The van der Waals surface area contributed by atoms with Crippen LogP contribution >= 0.6 is 0 Å². The molecule has 1 aliphatic carbocycles. The van der Waals surface area contributed by atoms with Gasteiger partial charge in [0.25, 0.3) is 0 Å². The van der Waals surface area contributed by atoms with Crippen LogP contribution in [0.4, 0.5) is 0 Å². The van der Waals surface area contributed by atoms with Gasteiger partial charge in [-0.3, -0.25) is 4.79 Å². The molecule has 7 heteroatoms. The Labute approximate surface area is 156 Å². The van der Waals surface area contributed by atoms with Gasteiger partial charge in [-0.05, 0) is 51.4 Å². The van der Waals surface area contributed by atoms with Crippen molar-refractivity contribution >= 4 is 15.9 Å². The van der Waals surface area contributed by atoms with E-state index in [0.29, 0.717) is 12.8 Å². The van der Waals surface area contributed by atoms with E-state index in [0.717, 1.165) is 12.0 Å². The molecule has 0 unspecified atom stereocenters. The topological polar surface area (TPSA) is 84.5 Å². The Kier molecular flexibility index (Phi) is 6.47. The monoisotopic (exact) mass is 382 g/mol. The second-order valence-corrected chi connectivity index (χ2v) is 9.59. The average molecular weight is 383 g/mol. The molecule has 1 saturated carbocycles. The number of rotatable bonds is 8. The summed E-state index contributed by atoms with van der Waals surface area (Å²) in [4.78, 5) is 12.5. The van der Waals surface area contributed by atoms with Crippen LogP contribution < -0.4 is 10.0 Å². The molecule has 0 radical (unpaired) electrons. The number of carbonyl (C=O) groups excluding carboxylic acids is 1. The van der Waals surface area contributed by atoms with Gasteiger partial charge < -0.3 is 10.1 Å². The quantitative estimate of drug-likeness (QED) is 0.722. The largest absolute Gasteiger partial charge is 0.375 e. The van der Waals surface area contributed by atoms with Crippen LogP contribution in [-0.4, -0.2) is 39.6 Å². The van der Waals surface area contributed by atoms with Crippen LogP contribution in [0.25, 0.3) is 0 Å². The molecule has 0 aromatic heterocycles. The van der Waals surface area contributed by atoms with E-state index in [2.05, 4.69) is 23.9 Å². The van der Waals surface area contributed by atoms with Gasteiger partial charge in [-0.1, -0.05) is 26.0 Å². The molecule has 2 N–H and O–H groups in total. The maximum atomic E-state index is 12.3. The third-order valence-corrected chi connectivity index (χ3v) is 6.52. The number of amides is 1. The van der Waals surface area contributed by atoms with Crippen molar-refractivity contribution in [1.82, 2.24) is 10.0 Å². The van der Waals surface area contributed by atoms with Crippen molar-refractivity contribution in [1.29, 1.82) is 0 Å². The molecule has 2 atom stereocenters. The second kappa shape index (κ2) is 8.06. The molecule has 146 valence electrons. The molecular weight excluding hydrogens is 352 g/mol. The Hall–Kier alpha value is -1.44. The lowest BCUT2D eigenvalue weighted by molar-refractivity contribution is -0.148. The Morgan fingerprint density at radius 3 is 2.38 bits per heavy atom. The summed E-state index contributed by atoms with van der Waals surface area (Å²) in [6.45, 7) is 8.29. The molecule has 1 aromatic rings. The zero-order chi connectivity index (χ0) is 19.5. The summed E-state index contributed by atoms with van der Waals surface area (Å²) in [5.41, 5.74) is 0.868. The van der Waals surface area contributed by atoms with Crippen molar-refractivity contribution in [3.8, 4) is 0 Å². The fraction of sp³-hybridized carbons (Fsp3) is 0.632. The van der Waals surface area contributed by atoms with E-state index >= 15 is 0 Å².